The number of hydrogen-bond donors (Lipinski definition) is 2. The molecular weight excluding hydrogens is 260 g/mol. The Hall–Kier alpha value is -1.58. The van der Waals surface area contributed by atoms with Crippen LogP contribution in [0.1, 0.15) is 16.7 Å². The van der Waals surface area contributed by atoms with Gasteiger partial charge in [0.05, 0.1) is 33.0 Å². The second-order valence-electron chi connectivity index (χ2n) is 4.04. The summed E-state index contributed by atoms with van der Waals surface area (Å²) in [4.78, 5) is 0. The number of benzene rings is 1. The molecule has 0 fully saturated rings. The SMILES string of the molecule is C#Cc1cc(CO)c(OCCOCCOC)c(CO)c1. The molecule has 1 aromatic rings. The number of aliphatic hydroxyl groups is 2. The number of ether oxygens (including phenoxy) is 3. The van der Waals surface area contributed by atoms with Gasteiger partial charge in [-0.3, -0.25) is 0 Å². The highest BCUT2D eigenvalue weighted by molar-refractivity contribution is 5.48. The first-order valence-electron chi connectivity index (χ1n) is 6.30. The van der Waals surface area contributed by atoms with Crippen LogP contribution in [0.25, 0.3) is 0 Å². The van der Waals surface area contributed by atoms with Gasteiger partial charge in [0, 0.05) is 23.8 Å². The lowest BCUT2D eigenvalue weighted by Gasteiger charge is -2.15. The Balaban J connectivity index is 2.66. The Bertz CT molecular complexity index is 425. The van der Waals surface area contributed by atoms with Crippen molar-refractivity contribution in [2.75, 3.05) is 33.5 Å². The van der Waals surface area contributed by atoms with E-state index in [2.05, 4.69) is 5.92 Å². The maximum absolute atomic E-state index is 9.35. The molecule has 0 aliphatic rings. The summed E-state index contributed by atoms with van der Waals surface area (Å²) in [6, 6.07) is 3.33. The molecular formula is C15H20O5. The molecule has 0 radical (unpaired) electrons. The first kappa shape index (κ1) is 16.5. The van der Waals surface area contributed by atoms with Gasteiger partial charge in [-0.05, 0) is 12.1 Å². The number of terminal acetylenes is 1. The van der Waals surface area contributed by atoms with Crippen molar-refractivity contribution in [3.63, 3.8) is 0 Å². The molecule has 0 saturated heterocycles. The normalized spacial score (nSPS) is 10.3. The molecule has 0 bridgehead atoms. The van der Waals surface area contributed by atoms with Crippen LogP contribution in [0.2, 0.25) is 0 Å². The molecule has 0 aromatic heterocycles. The number of aliphatic hydroxyl groups excluding tert-OH is 2. The molecule has 0 unspecified atom stereocenters. The van der Waals surface area contributed by atoms with Crippen molar-refractivity contribution in [2.45, 2.75) is 13.2 Å². The summed E-state index contributed by atoms with van der Waals surface area (Å²) in [7, 11) is 1.61. The van der Waals surface area contributed by atoms with Crippen LogP contribution in [-0.2, 0) is 22.7 Å². The van der Waals surface area contributed by atoms with E-state index in [-0.39, 0.29) is 13.2 Å². The molecule has 0 aliphatic heterocycles. The van der Waals surface area contributed by atoms with E-state index in [1.54, 1.807) is 19.2 Å². The third-order valence-electron chi connectivity index (χ3n) is 2.66. The molecule has 2 N–H and O–H groups in total. The van der Waals surface area contributed by atoms with E-state index in [0.29, 0.717) is 48.9 Å². The zero-order chi connectivity index (χ0) is 14.8. The van der Waals surface area contributed by atoms with Crippen LogP contribution in [0.4, 0.5) is 0 Å². The summed E-state index contributed by atoms with van der Waals surface area (Å²) >= 11 is 0. The summed E-state index contributed by atoms with van der Waals surface area (Å²) in [5.41, 5.74) is 1.71. The van der Waals surface area contributed by atoms with Crippen molar-refractivity contribution in [1.29, 1.82) is 0 Å². The predicted molar refractivity (Wildman–Crippen MR) is 74.4 cm³/mol. The van der Waals surface area contributed by atoms with Gasteiger partial charge in [0.2, 0.25) is 0 Å². The second-order valence-corrected chi connectivity index (χ2v) is 4.04. The fourth-order valence-corrected chi connectivity index (χ4v) is 1.71. The zero-order valence-corrected chi connectivity index (χ0v) is 11.6. The molecule has 20 heavy (non-hydrogen) atoms. The van der Waals surface area contributed by atoms with E-state index < -0.39 is 0 Å². The van der Waals surface area contributed by atoms with Crippen molar-refractivity contribution in [3.8, 4) is 18.1 Å². The summed E-state index contributed by atoms with van der Waals surface area (Å²) in [6.45, 7) is 1.33. The lowest BCUT2D eigenvalue weighted by Crippen LogP contribution is -2.12. The average Bonchev–Trinajstić information content (AvgIpc) is 2.50. The fourth-order valence-electron chi connectivity index (χ4n) is 1.71. The number of rotatable bonds is 9. The Morgan fingerprint density at radius 3 is 2.15 bits per heavy atom. The van der Waals surface area contributed by atoms with Gasteiger partial charge >= 0.3 is 0 Å². The maximum atomic E-state index is 9.35. The third kappa shape index (κ3) is 4.83. The van der Waals surface area contributed by atoms with Crippen LogP contribution in [0, 0.1) is 12.3 Å². The summed E-state index contributed by atoms with van der Waals surface area (Å²) in [5, 5.41) is 18.7. The highest BCUT2D eigenvalue weighted by Gasteiger charge is 2.11. The molecule has 0 spiro atoms. The highest BCUT2D eigenvalue weighted by atomic mass is 16.5. The molecule has 1 aromatic carbocycles. The van der Waals surface area contributed by atoms with Crippen LogP contribution >= 0.6 is 0 Å². The molecule has 110 valence electrons. The Morgan fingerprint density at radius 1 is 1.05 bits per heavy atom. The molecule has 0 saturated carbocycles. The molecule has 0 aliphatic carbocycles. The quantitative estimate of drug-likeness (QED) is 0.515. The number of methoxy groups -OCH3 is 1. The van der Waals surface area contributed by atoms with Gasteiger partial charge in [-0.2, -0.15) is 0 Å². The third-order valence-corrected chi connectivity index (χ3v) is 2.66. The van der Waals surface area contributed by atoms with E-state index in [1.165, 1.54) is 0 Å². The van der Waals surface area contributed by atoms with Crippen molar-refractivity contribution >= 4 is 0 Å². The van der Waals surface area contributed by atoms with Crippen molar-refractivity contribution in [2.24, 2.45) is 0 Å². The van der Waals surface area contributed by atoms with Crippen molar-refractivity contribution in [1.82, 2.24) is 0 Å². The van der Waals surface area contributed by atoms with Crippen molar-refractivity contribution < 1.29 is 24.4 Å². The maximum Gasteiger partial charge on any atom is 0.130 e. The highest BCUT2D eigenvalue weighted by Crippen LogP contribution is 2.26. The van der Waals surface area contributed by atoms with Gasteiger partial charge in [0.15, 0.2) is 0 Å². The summed E-state index contributed by atoms with van der Waals surface area (Å²) in [5.74, 6) is 2.94. The Labute approximate surface area is 119 Å². The molecule has 5 heteroatoms. The molecule has 5 nitrogen and oxygen atoms in total. The minimum atomic E-state index is -0.206. The largest absolute Gasteiger partial charge is 0.490 e. The van der Waals surface area contributed by atoms with Crippen molar-refractivity contribution in [3.05, 3.63) is 28.8 Å². The smallest absolute Gasteiger partial charge is 0.130 e. The van der Waals surface area contributed by atoms with Crippen LogP contribution in [0.5, 0.6) is 5.75 Å². The van der Waals surface area contributed by atoms with Gasteiger partial charge in [-0.1, -0.05) is 5.92 Å². The molecule has 0 amide bonds. The average molecular weight is 280 g/mol. The second kappa shape index (κ2) is 9.34. The van der Waals surface area contributed by atoms with E-state index >= 15 is 0 Å². The first-order chi connectivity index (χ1) is 9.76. The van der Waals surface area contributed by atoms with E-state index in [4.69, 9.17) is 20.6 Å². The predicted octanol–water partition coefficient (Wildman–Crippen LogP) is 0.694. The Morgan fingerprint density at radius 2 is 1.65 bits per heavy atom. The van der Waals surface area contributed by atoms with Gasteiger partial charge in [-0.15, -0.1) is 6.42 Å². The van der Waals surface area contributed by atoms with Gasteiger partial charge < -0.3 is 24.4 Å². The fraction of sp³-hybridized carbons (Fsp3) is 0.467. The number of hydrogen-bond acceptors (Lipinski definition) is 5. The lowest BCUT2D eigenvalue weighted by molar-refractivity contribution is 0.0536. The van der Waals surface area contributed by atoms with Crippen LogP contribution < -0.4 is 4.74 Å². The van der Waals surface area contributed by atoms with E-state index in [0.717, 1.165) is 0 Å². The van der Waals surface area contributed by atoms with E-state index in [1.807, 2.05) is 0 Å². The monoisotopic (exact) mass is 280 g/mol. The molecule has 0 heterocycles. The summed E-state index contributed by atoms with van der Waals surface area (Å²) in [6.07, 6.45) is 5.33. The minimum Gasteiger partial charge on any atom is -0.490 e. The first-order valence-corrected chi connectivity index (χ1v) is 6.30. The lowest BCUT2D eigenvalue weighted by atomic mass is 10.0. The van der Waals surface area contributed by atoms with E-state index in [9.17, 15) is 10.2 Å². The molecule has 1 rings (SSSR count). The zero-order valence-electron chi connectivity index (χ0n) is 11.6. The Kier molecular flexibility index (Phi) is 7.70. The van der Waals surface area contributed by atoms with Gasteiger partial charge in [0.1, 0.15) is 12.4 Å². The van der Waals surface area contributed by atoms with Crippen LogP contribution in [-0.4, -0.2) is 43.8 Å². The van der Waals surface area contributed by atoms with Crippen LogP contribution in [0.3, 0.4) is 0 Å². The topological polar surface area (TPSA) is 68.2 Å². The summed E-state index contributed by atoms with van der Waals surface area (Å²) < 4.78 is 15.7. The van der Waals surface area contributed by atoms with Gasteiger partial charge in [-0.25, -0.2) is 0 Å². The minimum absolute atomic E-state index is 0.206. The van der Waals surface area contributed by atoms with Gasteiger partial charge in [0.25, 0.3) is 0 Å². The standard InChI is InChI=1S/C15H20O5/c1-3-12-8-13(10-16)15(14(9-12)11-17)20-7-6-19-5-4-18-2/h1,8-9,16-17H,4-7,10-11H2,2H3. The van der Waals surface area contributed by atoms with Crippen LogP contribution in [0.15, 0.2) is 12.1 Å². The molecule has 0 atom stereocenters.